The second-order valence-electron chi connectivity index (χ2n) is 6.00. The van der Waals surface area contributed by atoms with E-state index in [1.54, 1.807) is 18.2 Å². The van der Waals surface area contributed by atoms with Gasteiger partial charge in [0.1, 0.15) is 11.3 Å². The number of carbonyl (C=O) groups is 2. The van der Waals surface area contributed by atoms with Gasteiger partial charge in [-0.2, -0.15) is 0 Å². The van der Waals surface area contributed by atoms with E-state index < -0.39 is 11.9 Å². The van der Waals surface area contributed by atoms with E-state index in [1.807, 2.05) is 13.8 Å². The van der Waals surface area contributed by atoms with Crippen LogP contribution in [0.4, 0.5) is 0 Å². The Morgan fingerprint density at radius 2 is 1.62 bits per heavy atom. The van der Waals surface area contributed by atoms with Crippen LogP contribution in [0.5, 0.6) is 5.75 Å². The summed E-state index contributed by atoms with van der Waals surface area (Å²) in [5.41, 5.74) is 0.466. The summed E-state index contributed by atoms with van der Waals surface area (Å²) in [6.45, 7) is 4.70. The predicted octanol–water partition coefficient (Wildman–Crippen LogP) is 5.22. The lowest BCUT2D eigenvalue weighted by Gasteiger charge is -2.11. The summed E-state index contributed by atoms with van der Waals surface area (Å²) in [6, 6.07) is 6.53. The molecule has 0 heterocycles. The van der Waals surface area contributed by atoms with Gasteiger partial charge in [-0.15, -0.1) is 0 Å². The molecule has 0 atom stereocenters. The van der Waals surface area contributed by atoms with Crippen molar-refractivity contribution in [1.82, 2.24) is 0 Å². The molecule has 1 N–H and O–H groups in total. The Morgan fingerprint density at radius 3 is 2.23 bits per heavy atom. The number of hydrogen-bond donors (Lipinski definition) is 1. The number of aromatic hydroxyl groups is 1. The minimum Gasteiger partial charge on any atom is -0.506 e. The highest BCUT2D eigenvalue weighted by Gasteiger charge is 2.19. The number of phenols is 1. The Labute approximate surface area is 161 Å². The third-order valence-corrected chi connectivity index (χ3v) is 4.77. The van der Waals surface area contributed by atoms with Gasteiger partial charge in [0.2, 0.25) is 0 Å². The summed E-state index contributed by atoms with van der Waals surface area (Å²) in [5, 5.41) is 11.6. The Morgan fingerprint density at radius 1 is 1.00 bits per heavy atom. The van der Waals surface area contributed by atoms with E-state index in [-0.39, 0.29) is 11.3 Å². The number of hydrogen-bond acceptors (Lipinski definition) is 5. The number of phenolic OH excluding ortho intramolecular Hbond substituents is 1. The molecule has 0 bridgehead atoms. The third kappa shape index (κ3) is 4.75. The molecule has 0 aliphatic rings. The van der Waals surface area contributed by atoms with Crippen LogP contribution in [-0.4, -0.2) is 30.3 Å². The highest BCUT2D eigenvalue weighted by atomic mass is 79.9. The van der Waals surface area contributed by atoms with Crippen molar-refractivity contribution >= 4 is 38.6 Å². The lowest BCUT2D eigenvalue weighted by atomic mass is 10.0. The number of halogens is 1. The van der Waals surface area contributed by atoms with Gasteiger partial charge in [0, 0.05) is 0 Å². The van der Waals surface area contributed by atoms with Crippen molar-refractivity contribution in [2.45, 2.75) is 39.5 Å². The Hall–Kier alpha value is -2.08. The average Bonchev–Trinajstić information content (AvgIpc) is 2.64. The van der Waals surface area contributed by atoms with Crippen LogP contribution < -0.4 is 0 Å². The van der Waals surface area contributed by atoms with Gasteiger partial charge in [-0.25, -0.2) is 9.59 Å². The van der Waals surface area contributed by atoms with E-state index in [9.17, 15) is 14.7 Å². The van der Waals surface area contributed by atoms with Crippen LogP contribution >= 0.6 is 15.9 Å². The average molecular weight is 423 g/mol. The van der Waals surface area contributed by atoms with Gasteiger partial charge in [-0.3, -0.25) is 0 Å². The molecule has 5 nitrogen and oxygen atoms in total. The number of unbranched alkanes of at least 4 members (excludes halogenated alkanes) is 2. The van der Waals surface area contributed by atoms with Gasteiger partial charge >= 0.3 is 11.9 Å². The van der Waals surface area contributed by atoms with E-state index >= 15 is 0 Å². The van der Waals surface area contributed by atoms with Crippen molar-refractivity contribution in [1.29, 1.82) is 0 Å². The fourth-order valence-corrected chi connectivity index (χ4v) is 2.99. The molecule has 26 heavy (non-hydrogen) atoms. The molecular formula is C20H23BrO5. The Balaban J connectivity index is 2.33. The highest BCUT2D eigenvalue weighted by Crippen LogP contribution is 2.36. The molecule has 0 aliphatic carbocycles. The van der Waals surface area contributed by atoms with Crippen molar-refractivity contribution in [3.8, 4) is 5.75 Å². The lowest BCUT2D eigenvalue weighted by Crippen LogP contribution is -2.08. The zero-order chi connectivity index (χ0) is 19.1. The maximum atomic E-state index is 12.2. The molecule has 2 aromatic rings. The first-order valence-corrected chi connectivity index (χ1v) is 9.58. The molecule has 0 aliphatic heterocycles. The quantitative estimate of drug-likeness (QED) is 0.466. The standard InChI is InChI=1S/C20H23BrO5/c1-3-5-9-25-19(23)13-7-8-15-14(11-13)12-16(18(22)17(15)21)20(24)26-10-6-4-2/h7-8,11-12,22H,3-6,9-10H2,1-2H3. The molecule has 2 aromatic carbocycles. The zero-order valence-corrected chi connectivity index (χ0v) is 16.6. The minimum atomic E-state index is -0.588. The first-order chi connectivity index (χ1) is 12.5. The molecule has 0 fully saturated rings. The number of rotatable bonds is 8. The molecule has 2 rings (SSSR count). The second kappa shape index (κ2) is 9.57. The Kier molecular flexibility index (Phi) is 7.45. The van der Waals surface area contributed by atoms with E-state index in [0.29, 0.717) is 34.0 Å². The fraction of sp³-hybridized carbons (Fsp3) is 0.400. The van der Waals surface area contributed by atoms with Crippen molar-refractivity contribution in [3.63, 3.8) is 0 Å². The summed E-state index contributed by atoms with van der Waals surface area (Å²) in [6.07, 6.45) is 3.42. The number of ether oxygens (including phenoxy) is 2. The summed E-state index contributed by atoms with van der Waals surface area (Å²) in [7, 11) is 0. The topological polar surface area (TPSA) is 72.8 Å². The lowest BCUT2D eigenvalue weighted by molar-refractivity contribution is 0.0489. The fourth-order valence-electron chi connectivity index (χ4n) is 2.41. The number of fused-ring (bicyclic) bond motifs is 1. The van der Waals surface area contributed by atoms with Crippen LogP contribution in [0.15, 0.2) is 28.7 Å². The van der Waals surface area contributed by atoms with E-state index in [0.717, 1.165) is 25.7 Å². The largest absolute Gasteiger partial charge is 0.506 e. The van der Waals surface area contributed by atoms with Gasteiger partial charge < -0.3 is 14.6 Å². The van der Waals surface area contributed by atoms with E-state index in [4.69, 9.17) is 9.47 Å². The summed E-state index contributed by atoms with van der Waals surface area (Å²) < 4.78 is 10.8. The summed E-state index contributed by atoms with van der Waals surface area (Å²) >= 11 is 3.32. The van der Waals surface area contributed by atoms with Gasteiger partial charge in [0.05, 0.1) is 23.2 Å². The van der Waals surface area contributed by atoms with Crippen LogP contribution in [0.2, 0.25) is 0 Å². The molecule has 0 saturated heterocycles. The van der Waals surface area contributed by atoms with Crippen molar-refractivity contribution < 1.29 is 24.2 Å². The smallest absolute Gasteiger partial charge is 0.341 e. The minimum absolute atomic E-state index is 0.0666. The first kappa shape index (κ1) is 20.2. The normalized spacial score (nSPS) is 10.7. The molecule has 0 saturated carbocycles. The first-order valence-electron chi connectivity index (χ1n) is 8.79. The second-order valence-corrected chi connectivity index (χ2v) is 6.79. The molecule has 6 heteroatoms. The molecular weight excluding hydrogens is 400 g/mol. The monoisotopic (exact) mass is 422 g/mol. The van der Waals surface area contributed by atoms with Crippen LogP contribution in [0, 0.1) is 0 Å². The van der Waals surface area contributed by atoms with Crippen molar-refractivity contribution in [2.24, 2.45) is 0 Å². The van der Waals surface area contributed by atoms with Gasteiger partial charge in [0.25, 0.3) is 0 Å². The van der Waals surface area contributed by atoms with Crippen LogP contribution in [-0.2, 0) is 9.47 Å². The maximum Gasteiger partial charge on any atom is 0.341 e. The van der Waals surface area contributed by atoms with Gasteiger partial charge in [0.15, 0.2) is 0 Å². The number of esters is 2. The molecule has 0 unspecified atom stereocenters. The SMILES string of the molecule is CCCCOC(=O)c1ccc2c(Br)c(O)c(C(=O)OCCCC)cc2c1. The van der Waals surface area contributed by atoms with Crippen molar-refractivity contribution in [2.75, 3.05) is 13.2 Å². The zero-order valence-electron chi connectivity index (χ0n) is 15.0. The van der Waals surface area contributed by atoms with E-state index in [2.05, 4.69) is 15.9 Å². The summed E-state index contributed by atoms with van der Waals surface area (Å²) in [5.74, 6) is -1.16. The third-order valence-electron chi connectivity index (χ3n) is 3.97. The van der Waals surface area contributed by atoms with Crippen LogP contribution in [0.3, 0.4) is 0 Å². The van der Waals surface area contributed by atoms with Gasteiger partial charge in [-0.05, 0) is 57.7 Å². The number of carbonyl (C=O) groups excluding carboxylic acids is 2. The van der Waals surface area contributed by atoms with Gasteiger partial charge in [-0.1, -0.05) is 32.8 Å². The van der Waals surface area contributed by atoms with Crippen LogP contribution in [0.1, 0.15) is 60.2 Å². The summed E-state index contributed by atoms with van der Waals surface area (Å²) in [4.78, 5) is 24.4. The number of benzene rings is 2. The molecule has 0 amide bonds. The molecule has 0 spiro atoms. The maximum absolute atomic E-state index is 12.2. The van der Waals surface area contributed by atoms with Crippen LogP contribution in [0.25, 0.3) is 10.8 Å². The highest BCUT2D eigenvalue weighted by molar-refractivity contribution is 9.10. The predicted molar refractivity (Wildman–Crippen MR) is 104 cm³/mol. The Bertz CT molecular complexity index is 800. The van der Waals surface area contributed by atoms with Crippen molar-refractivity contribution in [3.05, 3.63) is 39.9 Å². The molecule has 140 valence electrons. The molecule has 0 radical (unpaired) electrons. The molecule has 0 aromatic heterocycles. The van der Waals surface area contributed by atoms with E-state index in [1.165, 1.54) is 6.07 Å².